The highest BCUT2D eigenvalue weighted by Crippen LogP contribution is 2.03. The molecule has 0 radical (unpaired) electrons. The number of hydrogen-bond donors (Lipinski definition) is 2. The molecule has 1 aromatic rings. The Bertz CT molecular complexity index is 333. The van der Waals surface area contributed by atoms with Gasteiger partial charge < -0.3 is 14.8 Å². The van der Waals surface area contributed by atoms with E-state index in [9.17, 15) is 0 Å². The molecule has 0 aliphatic rings. The Morgan fingerprint density at radius 1 is 1.35 bits per heavy atom. The molecule has 1 rings (SSSR count). The van der Waals surface area contributed by atoms with Crippen LogP contribution in [0.5, 0.6) is 0 Å². The van der Waals surface area contributed by atoms with Crippen molar-refractivity contribution in [3.63, 3.8) is 0 Å². The van der Waals surface area contributed by atoms with Crippen LogP contribution in [0.25, 0.3) is 0 Å². The Morgan fingerprint density at radius 3 is 2.71 bits per heavy atom. The highest BCUT2D eigenvalue weighted by Gasteiger charge is 2.11. The van der Waals surface area contributed by atoms with Gasteiger partial charge in [0.2, 0.25) is 0 Å². The predicted octanol–water partition coefficient (Wildman–Crippen LogP) is -0.165. The third-order valence-electron chi connectivity index (χ3n) is 2.71. The molecule has 1 aromatic carbocycles. The first-order valence-electron chi connectivity index (χ1n) is 5.83. The molecule has 0 bridgehead atoms. The first kappa shape index (κ1) is 14.2. The van der Waals surface area contributed by atoms with Crippen LogP contribution in [0.4, 0.5) is 0 Å². The van der Waals surface area contributed by atoms with Crippen LogP contribution >= 0.6 is 0 Å². The molecule has 4 nitrogen and oxygen atoms in total. The minimum Gasteiger partial charge on any atom is -0.423 e. The monoisotopic (exact) mass is 237 g/mol. The van der Waals surface area contributed by atoms with E-state index in [0.29, 0.717) is 12.1 Å². The van der Waals surface area contributed by atoms with Crippen LogP contribution in [-0.4, -0.2) is 48.9 Å². The summed E-state index contributed by atoms with van der Waals surface area (Å²) in [6.07, 6.45) is 0. The summed E-state index contributed by atoms with van der Waals surface area (Å²) in [6, 6.07) is 7.36. The standard InChI is InChI=1S/C12H20BNO3/c1-3-14(7-8-17-2)10-11-5-4-6-12(9-11)13(15)16/h4-6,9,15-16H,3,7-8,10H2,1-2H3. The summed E-state index contributed by atoms with van der Waals surface area (Å²) in [6.45, 7) is 5.41. The molecule has 5 heteroatoms. The summed E-state index contributed by atoms with van der Waals surface area (Å²) >= 11 is 0. The molecule has 0 unspecified atom stereocenters. The quantitative estimate of drug-likeness (QED) is 0.647. The third kappa shape index (κ3) is 4.87. The van der Waals surface area contributed by atoms with Crippen molar-refractivity contribution in [1.82, 2.24) is 4.90 Å². The van der Waals surface area contributed by atoms with Crippen LogP contribution in [0.3, 0.4) is 0 Å². The average molecular weight is 237 g/mol. The normalized spacial score (nSPS) is 10.9. The maximum atomic E-state index is 9.10. The second kappa shape index (κ2) is 7.45. The van der Waals surface area contributed by atoms with Crippen molar-refractivity contribution in [3.05, 3.63) is 29.8 Å². The van der Waals surface area contributed by atoms with Gasteiger partial charge in [0.1, 0.15) is 0 Å². The van der Waals surface area contributed by atoms with Crippen molar-refractivity contribution in [2.75, 3.05) is 26.8 Å². The van der Waals surface area contributed by atoms with E-state index >= 15 is 0 Å². The van der Waals surface area contributed by atoms with Gasteiger partial charge in [0, 0.05) is 20.2 Å². The lowest BCUT2D eigenvalue weighted by atomic mass is 9.79. The van der Waals surface area contributed by atoms with Crippen molar-refractivity contribution in [1.29, 1.82) is 0 Å². The van der Waals surface area contributed by atoms with Crippen molar-refractivity contribution in [2.45, 2.75) is 13.5 Å². The largest absolute Gasteiger partial charge is 0.488 e. The SMILES string of the molecule is CCN(CCOC)Cc1cccc(B(O)O)c1. The maximum Gasteiger partial charge on any atom is 0.488 e. The van der Waals surface area contributed by atoms with E-state index in [4.69, 9.17) is 14.8 Å². The molecule has 0 aliphatic heterocycles. The fourth-order valence-electron chi connectivity index (χ4n) is 1.68. The lowest BCUT2D eigenvalue weighted by Gasteiger charge is -2.20. The molecular weight excluding hydrogens is 217 g/mol. The number of benzene rings is 1. The van der Waals surface area contributed by atoms with Gasteiger partial charge in [0.15, 0.2) is 0 Å². The molecular formula is C12H20BNO3. The molecule has 0 fully saturated rings. The molecule has 0 aliphatic carbocycles. The van der Waals surface area contributed by atoms with E-state index in [2.05, 4.69) is 11.8 Å². The van der Waals surface area contributed by atoms with E-state index in [1.165, 1.54) is 0 Å². The van der Waals surface area contributed by atoms with Gasteiger partial charge in [-0.1, -0.05) is 31.2 Å². The number of methoxy groups -OCH3 is 1. The Kier molecular flexibility index (Phi) is 6.22. The van der Waals surface area contributed by atoms with E-state index in [1.54, 1.807) is 13.2 Å². The number of rotatable bonds is 7. The third-order valence-corrected chi connectivity index (χ3v) is 2.71. The summed E-state index contributed by atoms with van der Waals surface area (Å²) in [5.41, 5.74) is 1.61. The number of ether oxygens (including phenoxy) is 1. The van der Waals surface area contributed by atoms with E-state index < -0.39 is 7.12 Å². The van der Waals surface area contributed by atoms with Gasteiger partial charge in [0.05, 0.1) is 6.61 Å². The lowest BCUT2D eigenvalue weighted by molar-refractivity contribution is 0.147. The van der Waals surface area contributed by atoms with Crippen molar-refractivity contribution < 1.29 is 14.8 Å². The summed E-state index contributed by atoms with van der Waals surface area (Å²) in [4.78, 5) is 2.24. The van der Waals surface area contributed by atoms with E-state index in [1.807, 2.05) is 18.2 Å². The van der Waals surface area contributed by atoms with Crippen molar-refractivity contribution in [3.8, 4) is 0 Å². The molecule has 0 atom stereocenters. The first-order valence-corrected chi connectivity index (χ1v) is 5.83. The molecule has 0 aromatic heterocycles. The summed E-state index contributed by atoms with van der Waals surface area (Å²) in [5, 5.41) is 18.2. The predicted molar refractivity (Wildman–Crippen MR) is 69.1 cm³/mol. The smallest absolute Gasteiger partial charge is 0.423 e. The fraction of sp³-hybridized carbons (Fsp3) is 0.500. The molecule has 0 saturated heterocycles. The highest BCUT2D eigenvalue weighted by molar-refractivity contribution is 6.58. The molecule has 94 valence electrons. The van der Waals surface area contributed by atoms with Crippen LogP contribution in [0.2, 0.25) is 0 Å². The van der Waals surface area contributed by atoms with Gasteiger partial charge in [-0.3, -0.25) is 4.90 Å². The topological polar surface area (TPSA) is 52.9 Å². The summed E-state index contributed by atoms with van der Waals surface area (Å²) < 4.78 is 5.05. The van der Waals surface area contributed by atoms with Crippen LogP contribution in [0, 0.1) is 0 Å². The van der Waals surface area contributed by atoms with Crippen molar-refractivity contribution >= 4 is 12.6 Å². The average Bonchev–Trinajstić information content (AvgIpc) is 2.34. The molecule has 0 saturated carbocycles. The molecule has 0 spiro atoms. The number of likely N-dealkylation sites (N-methyl/N-ethyl adjacent to an activating group) is 1. The highest BCUT2D eigenvalue weighted by atomic mass is 16.5. The van der Waals surface area contributed by atoms with Gasteiger partial charge in [-0.15, -0.1) is 0 Å². The lowest BCUT2D eigenvalue weighted by Crippen LogP contribution is -2.31. The van der Waals surface area contributed by atoms with Crippen molar-refractivity contribution in [2.24, 2.45) is 0 Å². The van der Waals surface area contributed by atoms with Crippen LogP contribution in [0.15, 0.2) is 24.3 Å². The fourth-order valence-corrected chi connectivity index (χ4v) is 1.68. The summed E-state index contributed by atoms with van der Waals surface area (Å²) in [7, 11) is 0.292. The minimum absolute atomic E-state index is 0.533. The van der Waals surface area contributed by atoms with Gasteiger partial charge in [0.25, 0.3) is 0 Å². The van der Waals surface area contributed by atoms with Gasteiger partial charge >= 0.3 is 7.12 Å². The zero-order valence-electron chi connectivity index (χ0n) is 10.5. The zero-order chi connectivity index (χ0) is 12.7. The Balaban J connectivity index is 2.62. The van der Waals surface area contributed by atoms with E-state index in [-0.39, 0.29) is 0 Å². The van der Waals surface area contributed by atoms with Gasteiger partial charge in [-0.05, 0) is 17.6 Å². The Morgan fingerprint density at radius 2 is 2.12 bits per heavy atom. The molecule has 0 amide bonds. The maximum absolute atomic E-state index is 9.10. The second-order valence-electron chi connectivity index (χ2n) is 3.98. The van der Waals surface area contributed by atoms with Gasteiger partial charge in [-0.2, -0.15) is 0 Å². The molecule has 0 heterocycles. The second-order valence-corrected chi connectivity index (χ2v) is 3.98. The Labute approximate surface area is 103 Å². The Hall–Kier alpha value is -0.875. The van der Waals surface area contributed by atoms with Crippen LogP contribution in [0.1, 0.15) is 12.5 Å². The first-order chi connectivity index (χ1) is 8.17. The zero-order valence-corrected chi connectivity index (χ0v) is 10.5. The summed E-state index contributed by atoms with van der Waals surface area (Å²) in [5.74, 6) is 0. The molecule has 17 heavy (non-hydrogen) atoms. The van der Waals surface area contributed by atoms with Gasteiger partial charge in [-0.25, -0.2) is 0 Å². The van der Waals surface area contributed by atoms with Crippen LogP contribution < -0.4 is 5.46 Å². The molecule has 2 N–H and O–H groups in total. The van der Waals surface area contributed by atoms with E-state index in [0.717, 1.165) is 25.2 Å². The minimum atomic E-state index is -1.40. The number of hydrogen-bond acceptors (Lipinski definition) is 4. The van der Waals surface area contributed by atoms with Crippen LogP contribution in [-0.2, 0) is 11.3 Å². The number of nitrogens with zero attached hydrogens (tertiary/aromatic N) is 1.